The van der Waals surface area contributed by atoms with Crippen molar-refractivity contribution in [3.8, 4) is 11.5 Å². The monoisotopic (exact) mass is 333 g/mol. The minimum Gasteiger partial charge on any atom is -0.457 e. The quantitative estimate of drug-likeness (QED) is 0.708. The predicted octanol–water partition coefficient (Wildman–Crippen LogP) is 4.26. The molecule has 126 valence electrons. The van der Waals surface area contributed by atoms with Gasteiger partial charge in [0.05, 0.1) is 6.42 Å². The molecule has 5 heteroatoms. The molecule has 0 atom stereocenters. The molecule has 3 aromatic rings. The number of rotatable bonds is 6. The molecule has 1 aliphatic carbocycles. The Hall–Kier alpha value is -3.08. The largest absolute Gasteiger partial charge is 0.457 e. The van der Waals surface area contributed by atoms with Crippen LogP contribution in [0.3, 0.4) is 0 Å². The van der Waals surface area contributed by atoms with Gasteiger partial charge in [0.25, 0.3) is 0 Å². The summed E-state index contributed by atoms with van der Waals surface area (Å²) in [6.07, 6.45) is 2.71. The summed E-state index contributed by atoms with van der Waals surface area (Å²) in [4.78, 5) is 12.2. The number of nitrogens with one attached hydrogen (secondary N) is 2. The number of carbonyl (C=O) groups is 1. The molecule has 1 heterocycles. The normalized spacial score (nSPS) is 13.4. The van der Waals surface area contributed by atoms with Crippen molar-refractivity contribution >= 4 is 11.7 Å². The fourth-order valence-corrected chi connectivity index (χ4v) is 2.68. The van der Waals surface area contributed by atoms with E-state index in [0.29, 0.717) is 18.2 Å². The van der Waals surface area contributed by atoms with Gasteiger partial charge in [-0.3, -0.25) is 9.89 Å². The summed E-state index contributed by atoms with van der Waals surface area (Å²) in [5.41, 5.74) is 2.04. The molecule has 1 aliphatic rings. The third-order valence-corrected chi connectivity index (χ3v) is 4.15. The molecule has 0 spiro atoms. The van der Waals surface area contributed by atoms with Gasteiger partial charge in [-0.15, -0.1) is 0 Å². The molecule has 1 amide bonds. The standard InChI is InChI=1S/C20H19N3O2/c24-20(21-19-13-18(22-23-19)15-8-9-15)12-14-6-10-17(11-7-14)25-16-4-2-1-3-5-16/h1-7,10-11,13,15H,8-9,12H2,(H2,21,22,23,24). The molecule has 0 radical (unpaired) electrons. The minimum atomic E-state index is -0.0782. The lowest BCUT2D eigenvalue weighted by Gasteiger charge is -2.07. The molecule has 0 unspecified atom stereocenters. The average Bonchev–Trinajstić information content (AvgIpc) is 3.37. The lowest BCUT2D eigenvalue weighted by molar-refractivity contribution is -0.115. The molecule has 0 bridgehead atoms. The smallest absolute Gasteiger partial charge is 0.229 e. The maximum Gasteiger partial charge on any atom is 0.229 e. The maximum absolute atomic E-state index is 12.2. The number of amides is 1. The number of para-hydroxylation sites is 1. The highest BCUT2D eigenvalue weighted by molar-refractivity contribution is 5.91. The summed E-state index contributed by atoms with van der Waals surface area (Å²) in [5, 5.41) is 9.96. The zero-order valence-corrected chi connectivity index (χ0v) is 13.7. The van der Waals surface area contributed by atoms with Gasteiger partial charge in [-0.25, -0.2) is 0 Å². The molecule has 4 rings (SSSR count). The van der Waals surface area contributed by atoms with Gasteiger partial charge in [0.1, 0.15) is 11.5 Å². The Bertz CT molecular complexity index is 852. The van der Waals surface area contributed by atoms with Crippen LogP contribution in [0.1, 0.15) is 30.0 Å². The highest BCUT2D eigenvalue weighted by atomic mass is 16.5. The second-order valence-electron chi connectivity index (χ2n) is 6.27. The van der Waals surface area contributed by atoms with E-state index in [1.54, 1.807) is 0 Å². The van der Waals surface area contributed by atoms with Gasteiger partial charge in [0, 0.05) is 17.7 Å². The second-order valence-corrected chi connectivity index (χ2v) is 6.27. The number of aromatic nitrogens is 2. The molecule has 1 aromatic heterocycles. The molecular weight excluding hydrogens is 314 g/mol. The number of carbonyl (C=O) groups excluding carboxylic acids is 1. The molecule has 2 aromatic carbocycles. The predicted molar refractivity (Wildman–Crippen MR) is 95.9 cm³/mol. The van der Waals surface area contributed by atoms with E-state index in [2.05, 4.69) is 15.5 Å². The van der Waals surface area contributed by atoms with Gasteiger partial charge in [0.2, 0.25) is 5.91 Å². The van der Waals surface area contributed by atoms with E-state index in [9.17, 15) is 4.79 Å². The van der Waals surface area contributed by atoms with E-state index in [-0.39, 0.29) is 5.91 Å². The molecule has 1 saturated carbocycles. The van der Waals surface area contributed by atoms with Crippen LogP contribution >= 0.6 is 0 Å². The van der Waals surface area contributed by atoms with Crippen LogP contribution < -0.4 is 10.1 Å². The number of ether oxygens (including phenoxy) is 1. The first kappa shape index (κ1) is 15.4. The number of benzene rings is 2. The van der Waals surface area contributed by atoms with Crippen molar-refractivity contribution in [2.45, 2.75) is 25.2 Å². The van der Waals surface area contributed by atoms with Gasteiger partial charge < -0.3 is 10.1 Å². The maximum atomic E-state index is 12.2. The van der Waals surface area contributed by atoms with Crippen LogP contribution in [0, 0.1) is 0 Å². The Kier molecular flexibility index (Phi) is 4.21. The van der Waals surface area contributed by atoms with Crippen molar-refractivity contribution in [1.82, 2.24) is 10.2 Å². The zero-order chi connectivity index (χ0) is 17.1. The van der Waals surface area contributed by atoms with Gasteiger partial charge in [-0.05, 0) is 42.7 Å². The van der Waals surface area contributed by atoms with Crippen LogP contribution in [-0.4, -0.2) is 16.1 Å². The van der Waals surface area contributed by atoms with Crippen LogP contribution in [0.2, 0.25) is 0 Å². The highest BCUT2D eigenvalue weighted by Gasteiger charge is 2.25. The first-order chi connectivity index (χ1) is 12.3. The fraction of sp³-hybridized carbons (Fsp3) is 0.200. The third kappa shape index (κ3) is 4.07. The summed E-state index contributed by atoms with van der Waals surface area (Å²) < 4.78 is 5.75. The Morgan fingerprint density at radius 1 is 1.08 bits per heavy atom. The van der Waals surface area contributed by atoms with Crippen LogP contribution in [0.25, 0.3) is 0 Å². The van der Waals surface area contributed by atoms with Crippen molar-refractivity contribution in [2.24, 2.45) is 0 Å². The van der Waals surface area contributed by atoms with E-state index in [0.717, 1.165) is 22.8 Å². The molecule has 2 N–H and O–H groups in total. The van der Waals surface area contributed by atoms with E-state index in [4.69, 9.17) is 4.74 Å². The number of aromatic amines is 1. The van der Waals surface area contributed by atoms with Crippen molar-refractivity contribution in [3.63, 3.8) is 0 Å². The molecule has 5 nitrogen and oxygen atoms in total. The van der Waals surface area contributed by atoms with Gasteiger partial charge in [-0.2, -0.15) is 5.10 Å². The number of hydrogen-bond donors (Lipinski definition) is 2. The zero-order valence-electron chi connectivity index (χ0n) is 13.7. The number of anilines is 1. The van der Waals surface area contributed by atoms with E-state index < -0.39 is 0 Å². The fourth-order valence-electron chi connectivity index (χ4n) is 2.68. The van der Waals surface area contributed by atoms with Crippen LogP contribution in [0.4, 0.5) is 5.82 Å². The molecule has 0 saturated heterocycles. The summed E-state index contributed by atoms with van der Waals surface area (Å²) in [7, 11) is 0. The van der Waals surface area contributed by atoms with E-state index >= 15 is 0 Å². The minimum absolute atomic E-state index is 0.0782. The van der Waals surface area contributed by atoms with Gasteiger partial charge in [-0.1, -0.05) is 30.3 Å². The lowest BCUT2D eigenvalue weighted by Crippen LogP contribution is -2.14. The number of nitrogens with zero attached hydrogens (tertiary/aromatic N) is 1. The first-order valence-electron chi connectivity index (χ1n) is 8.43. The second kappa shape index (κ2) is 6.81. The lowest BCUT2D eigenvalue weighted by atomic mass is 10.1. The van der Waals surface area contributed by atoms with Crippen LogP contribution in [-0.2, 0) is 11.2 Å². The Morgan fingerprint density at radius 3 is 2.52 bits per heavy atom. The molecular formula is C20H19N3O2. The van der Waals surface area contributed by atoms with Crippen LogP contribution in [0.15, 0.2) is 60.7 Å². The summed E-state index contributed by atoms with van der Waals surface area (Å²) in [6.45, 7) is 0. The molecule has 1 fully saturated rings. The first-order valence-corrected chi connectivity index (χ1v) is 8.43. The number of H-pyrrole nitrogens is 1. The summed E-state index contributed by atoms with van der Waals surface area (Å²) in [5.74, 6) is 2.64. The summed E-state index contributed by atoms with van der Waals surface area (Å²) >= 11 is 0. The molecule has 25 heavy (non-hydrogen) atoms. The Balaban J connectivity index is 1.33. The third-order valence-electron chi connectivity index (χ3n) is 4.15. The van der Waals surface area contributed by atoms with Crippen molar-refractivity contribution in [3.05, 3.63) is 71.9 Å². The number of hydrogen-bond acceptors (Lipinski definition) is 3. The highest BCUT2D eigenvalue weighted by Crippen LogP contribution is 2.39. The Morgan fingerprint density at radius 2 is 1.80 bits per heavy atom. The molecule has 0 aliphatic heterocycles. The van der Waals surface area contributed by atoms with Crippen LogP contribution in [0.5, 0.6) is 11.5 Å². The van der Waals surface area contributed by atoms with Crippen molar-refractivity contribution < 1.29 is 9.53 Å². The van der Waals surface area contributed by atoms with Gasteiger partial charge in [0.15, 0.2) is 5.82 Å². The van der Waals surface area contributed by atoms with E-state index in [1.807, 2.05) is 60.7 Å². The topological polar surface area (TPSA) is 67.0 Å². The average molecular weight is 333 g/mol. The van der Waals surface area contributed by atoms with E-state index in [1.165, 1.54) is 12.8 Å². The van der Waals surface area contributed by atoms with Gasteiger partial charge >= 0.3 is 0 Å². The van der Waals surface area contributed by atoms with Crippen molar-refractivity contribution in [2.75, 3.05) is 5.32 Å². The van der Waals surface area contributed by atoms with Crippen molar-refractivity contribution in [1.29, 1.82) is 0 Å². The SMILES string of the molecule is O=C(Cc1ccc(Oc2ccccc2)cc1)Nc1cc(C2CC2)[nH]n1. The summed E-state index contributed by atoms with van der Waals surface area (Å²) in [6, 6.07) is 19.1. The Labute approximate surface area is 146 Å².